The molecule has 9 atom stereocenters. The van der Waals surface area contributed by atoms with Crippen LogP contribution in [0, 0.1) is 24.7 Å². The largest absolute Gasteiger partial charge is 0.495 e. The number of hydrogen-bond acceptors (Lipinski definition) is 28. The van der Waals surface area contributed by atoms with Crippen LogP contribution in [0.25, 0.3) is 11.4 Å². The molecule has 4 aliphatic heterocycles. The second kappa shape index (κ2) is 38.2. The van der Waals surface area contributed by atoms with Gasteiger partial charge in [0.2, 0.25) is 35.4 Å². The van der Waals surface area contributed by atoms with Crippen molar-refractivity contribution in [2.75, 3.05) is 106 Å². The lowest BCUT2D eigenvalue weighted by Crippen LogP contribution is -2.63. The van der Waals surface area contributed by atoms with Crippen LogP contribution >= 0.6 is 23.4 Å². The van der Waals surface area contributed by atoms with E-state index in [4.69, 9.17) is 77.9 Å². The van der Waals surface area contributed by atoms with E-state index in [1.807, 2.05) is 37.3 Å². The van der Waals surface area contributed by atoms with E-state index in [0.717, 1.165) is 22.3 Å². The smallest absolute Gasteiger partial charge is 0.409 e. The number of halogens is 1. The number of hydrogen-bond donors (Lipinski definition) is 3. The number of likely N-dealkylation sites (tertiary alicyclic amines) is 1. The number of methoxy groups -OCH3 is 2. The van der Waals surface area contributed by atoms with Crippen molar-refractivity contribution in [3.63, 3.8) is 0 Å². The van der Waals surface area contributed by atoms with Crippen molar-refractivity contribution in [2.24, 2.45) is 17.8 Å². The molecule has 5 heterocycles. The Morgan fingerprint density at radius 3 is 2.13 bits per heavy atom. The highest BCUT2D eigenvalue weighted by Crippen LogP contribution is 2.49. The van der Waals surface area contributed by atoms with Gasteiger partial charge < -0.3 is 86.5 Å². The number of allylic oxidation sites excluding steroid dienone is 3. The lowest BCUT2D eigenvalue weighted by molar-refractivity contribution is -0.226. The van der Waals surface area contributed by atoms with Crippen LogP contribution < -0.4 is 20.3 Å². The van der Waals surface area contributed by atoms with Crippen LogP contribution in [0.2, 0.25) is 5.02 Å². The van der Waals surface area contributed by atoms with E-state index < -0.39 is 89.2 Å². The first-order valence-electron chi connectivity index (χ1n) is 32.9. The molecule has 5 aliphatic rings. The summed E-state index contributed by atoms with van der Waals surface area (Å²) >= 11 is 8.02. The molecule has 1 aromatic heterocycles. The molecule has 0 spiro atoms. The lowest BCUT2D eigenvalue weighted by atomic mass is 9.82. The van der Waals surface area contributed by atoms with Crippen LogP contribution in [0.1, 0.15) is 96.0 Å². The number of ether oxygens (including phenoxy) is 14. The summed E-state index contributed by atoms with van der Waals surface area (Å²) in [5.41, 5.74) is 0.356. The number of alkyl carbamates (subject to hydrolysis) is 1. The standard InChI is InChI=1S/C67H90ClN9O23S/c1-40-11-10-12-53(88-9)67(86)28-51(98-65(85)70-67)41(2)60-66(5,100-60)54(27-57(80)76(7)49-24-46(23-40)25-50(87-8)59(49)68)99-63(83)42(3)75(6)56(79)21-22-101-52-26-58(81)77(62(52)82)30-45-15-19-48(20-16-45)64(84)97-39-96-38-95-37-94-36-93-35-92-34-91-33-90-32-89-31-55(78)69-29-44-13-17-47(18-14-44)61-73-71-43(4)72-74-61/h10-14,17-18,24-25,41-42,45,48,51-54,60,86H,15-16,19-23,26-39H2,1-9H3,(H,69,78)(H,70,85)/b12-10-,40-11+/t41-,42+,45?,48?,51+,52?,53-,54-,60?,66+,67+/m1/s1. The molecular formula is C67H90ClN9O23S. The van der Waals surface area contributed by atoms with Crippen LogP contribution in [0.15, 0.2) is 60.2 Å². The Morgan fingerprint density at radius 1 is 0.861 bits per heavy atom. The summed E-state index contributed by atoms with van der Waals surface area (Å²) in [6.07, 6.45) is 2.25. The summed E-state index contributed by atoms with van der Waals surface area (Å²) < 4.78 is 76.3. The van der Waals surface area contributed by atoms with Gasteiger partial charge in [0.05, 0.1) is 36.5 Å². The van der Waals surface area contributed by atoms with Crippen LogP contribution in [0.3, 0.4) is 0 Å². The van der Waals surface area contributed by atoms with Gasteiger partial charge >= 0.3 is 18.0 Å². The molecule has 1 aliphatic carbocycles. The molecule has 34 heteroatoms. The molecule has 6 amide bonds. The molecule has 3 N–H and O–H groups in total. The van der Waals surface area contributed by atoms with Crippen LogP contribution in [-0.4, -0.2) is 231 Å². The number of fused-ring (bicyclic) bond motifs is 5. The number of aryl methyl sites for hydroxylation is 1. The number of benzene rings is 2. The minimum absolute atomic E-state index is 0.0260. The summed E-state index contributed by atoms with van der Waals surface area (Å²) in [6, 6.07) is 9.65. The van der Waals surface area contributed by atoms with Gasteiger partial charge in [0.25, 0.3) is 0 Å². The number of aromatic nitrogens is 4. The zero-order chi connectivity index (χ0) is 72.8. The van der Waals surface area contributed by atoms with Crippen molar-refractivity contribution in [1.29, 1.82) is 0 Å². The van der Waals surface area contributed by atoms with Crippen molar-refractivity contribution in [3.8, 4) is 17.1 Å². The van der Waals surface area contributed by atoms with E-state index in [-0.39, 0.29) is 127 Å². The third-order valence-electron chi connectivity index (χ3n) is 17.9. The highest BCUT2D eigenvalue weighted by Gasteiger charge is 2.64. The SMILES string of the molecule is COc1cc2cc(c1Cl)N(C)C(=O)C[C@@H](OC(=O)[C@H](C)N(C)C(=O)CCSC1CC(=O)N(CC3CCC(C(=O)OCOCOCOCOCOCOCOCOCC(=O)NCc4ccc(-c5nnc(C)nn5)cc4)CC3)C1=O)[C@]1(C)OC1[C@H](C)[C@@H]1C[C@@](O)(NC(=O)O1)[C@H](OC)/C=C\C=C(/C)C2. The maximum absolute atomic E-state index is 14.4. The first-order chi connectivity index (χ1) is 48.4. The monoisotopic (exact) mass is 1460 g/mol. The van der Waals surface area contributed by atoms with E-state index in [0.29, 0.717) is 61.7 Å². The highest BCUT2D eigenvalue weighted by atomic mass is 35.5. The van der Waals surface area contributed by atoms with Crippen LogP contribution in [0.5, 0.6) is 5.75 Å². The number of likely N-dealkylation sites (N-methyl/N-ethyl adjacent to an activating group) is 1. The Morgan fingerprint density at radius 2 is 1.50 bits per heavy atom. The number of thioether (sulfide) groups is 1. The van der Waals surface area contributed by atoms with Gasteiger partial charge in [0.1, 0.15) is 54.1 Å². The number of rotatable bonds is 33. The maximum Gasteiger partial charge on any atom is 0.409 e. The van der Waals surface area contributed by atoms with Crippen molar-refractivity contribution >= 4 is 76.6 Å². The second-order valence-electron chi connectivity index (χ2n) is 25.2. The Bertz CT molecular complexity index is 3390. The van der Waals surface area contributed by atoms with Crippen LogP contribution in [-0.2, 0) is 108 Å². The molecule has 101 heavy (non-hydrogen) atoms. The number of carbonyl (C=O) groups is 8. The highest BCUT2D eigenvalue weighted by molar-refractivity contribution is 8.00. The van der Waals surface area contributed by atoms with E-state index in [2.05, 4.69) is 31.0 Å². The predicted molar refractivity (Wildman–Crippen MR) is 357 cm³/mol. The Balaban J connectivity index is 0.674. The lowest BCUT2D eigenvalue weighted by Gasteiger charge is -2.42. The van der Waals surface area contributed by atoms with Gasteiger partial charge in [-0.3, -0.25) is 39.0 Å². The number of esters is 2. The molecule has 4 fully saturated rings. The molecule has 554 valence electrons. The minimum Gasteiger partial charge on any atom is -0.495 e. The van der Waals surface area contributed by atoms with E-state index >= 15 is 0 Å². The van der Waals surface area contributed by atoms with Crippen LogP contribution in [0.4, 0.5) is 10.5 Å². The fourth-order valence-electron chi connectivity index (χ4n) is 11.9. The fourth-order valence-corrected chi connectivity index (χ4v) is 13.3. The summed E-state index contributed by atoms with van der Waals surface area (Å²) in [7, 11) is 5.85. The molecule has 0 radical (unpaired) electrons. The first kappa shape index (κ1) is 79.3. The van der Waals surface area contributed by atoms with Gasteiger partial charge in [-0.1, -0.05) is 66.6 Å². The number of imide groups is 1. The van der Waals surface area contributed by atoms with Crippen molar-refractivity contribution in [1.82, 2.24) is 40.8 Å². The molecule has 2 aromatic carbocycles. The molecule has 2 unspecified atom stereocenters. The average molecular weight is 1460 g/mol. The van der Waals surface area contributed by atoms with Gasteiger partial charge in [-0.2, -0.15) is 0 Å². The number of carbonyl (C=O) groups excluding carboxylic acids is 8. The molecule has 3 aromatic rings. The number of aliphatic hydroxyl groups is 1. The summed E-state index contributed by atoms with van der Waals surface area (Å²) in [5.74, 6) is -2.91. The van der Waals surface area contributed by atoms with Crippen molar-refractivity contribution in [3.05, 3.63) is 82.2 Å². The molecule has 8 rings (SSSR count). The normalized spacial score (nSPS) is 25.8. The summed E-state index contributed by atoms with van der Waals surface area (Å²) in [5, 5.41) is 32.4. The van der Waals surface area contributed by atoms with E-state index in [1.54, 1.807) is 45.1 Å². The van der Waals surface area contributed by atoms with Gasteiger partial charge in [0, 0.05) is 70.8 Å². The first-order valence-corrected chi connectivity index (χ1v) is 34.3. The third-order valence-corrected chi connectivity index (χ3v) is 19.5. The zero-order valence-electron chi connectivity index (χ0n) is 58.1. The van der Waals surface area contributed by atoms with Gasteiger partial charge in [0.15, 0.2) is 59.1 Å². The van der Waals surface area contributed by atoms with Crippen molar-refractivity contribution in [2.45, 2.75) is 146 Å². The number of amides is 6. The summed E-state index contributed by atoms with van der Waals surface area (Å²) in [4.78, 5) is 111. The zero-order valence-corrected chi connectivity index (χ0v) is 59.7. The van der Waals surface area contributed by atoms with E-state index in [9.17, 15) is 43.5 Å². The third kappa shape index (κ3) is 22.6. The molecule has 4 bridgehead atoms. The maximum atomic E-state index is 14.4. The quantitative estimate of drug-likeness (QED) is 0.0184. The van der Waals surface area contributed by atoms with E-state index in [1.165, 1.54) is 61.7 Å². The average Bonchev–Trinajstić information content (AvgIpc) is 1.57. The van der Waals surface area contributed by atoms with Gasteiger partial charge in [-0.15, -0.1) is 32.2 Å². The Hall–Kier alpha value is -7.38. The fraction of sp³-hybridized carbons (Fsp3) is 0.612. The number of nitrogens with zero attached hydrogens (tertiary/aromatic N) is 7. The molecule has 32 nitrogen and oxygen atoms in total. The molecule has 3 saturated heterocycles. The summed E-state index contributed by atoms with van der Waals surface area (Å²) in [6.45, 7) is 7.24. The Labute approximate surface area is 594 Å². The number of anilines is 1. The van der Waals surface area contributed by atoms with Gasteiger partial charge in [-0.25, -0.2) is 9.59 Å². The van der Waals surface area contributed by atoms with Crippen molar-refractivity contribution < 1.29 is 110 Å². The molecular weight excluding hydrogens is 1370 g/mol. The number of epoxide rings is 1. The number of nitrogens with one attached hydrogen (secondary N) is 2. The minimum atomic E-state index is -1.90. The predicted octanol–water partition coefficient (Wildman–Crippen LogP) is 4.78. The van der Waals surface area contributed by atoms with Gasteiger partial charge in [-0.05, 0) is 89.0 Å². The molecule has 1 saturated carbocycles. The second-order valence-corrected chi connectivity index (χ2v) is 26.9. The Kier molecular flexibility index (Phi) is 30.0. The topological polar surface area (TPSA) is 375 Å².